The number of hydrogen-bond acceptors (Lipinski definition) is 6. The van der Waals surface area contributed by atoms with Gasteiger partial charge < -0.3 is 20.8 Å². The number of β-amino-alcohol motifs (C(OH)–C–C–N with tert-alkyl or cyclic N) is 1. The van der Waals surface area contributed by atoms with Gasteiger partial charge in [0.15, 0.2) is 0 Å². The minimum atomic E-state index is -1.38. The van der Waals surface area contributed by atoms with Gasteiger partial charge in [-0.15, -0.1) is 0 Å². The molecule has 1 aliphatic rings. The zero-order valence-electron chi connectivity index (χ0n) is 13.8. The van der Waals surface area contributed by atoms with Crippen LogP contribution >= 0.6 is 0 Å². The fraction of sp³-hybridized carbons (Fsp3) is 0.600. The summed E-state index contributed by atoms with van der Waals surface area (Å²) in [6.45, 7) is 1.80. The number of hydrogen-bond donors (Lipinski definition) is 4. The minimum Gasteiger partial charge on any atom is -0.480 e. The van der Waals surface area contributed by atoms with Gasteiger partial charge in [0.1, 0.15) is 11.6 Å². The summed E-state index contributed by atoms with van der Waals surface area (Å²) < 4.78 is 1.25. The molecule has 0 aliphatic carbocycles. The molecule has 1 saturated heterocycles. The highest BCUT2D eigenvalue weighted by Crippen LogP contribution is 2.30. The highest BCUT2D eigenvalue weighted by atomic mass is 16.4. The van der Waals surface area contributed by atoms with E-state index < -0.39 is 34.9 Å². The fourth-order valence-electron chi connectivity index (χ4n) is 3.04. The van der Waals surface area contributed by atoms with Crippen LogP contribution in [0, 0.1) is 0 Å². The summed E-state index contributed by atoms with van der Waals surface area (Å²) in [5.41, 5.74) is 2.86. The number of carboxylic acids is 1. The maximum Gasteiger partial charge on any atom is 0.328 e. The molecule has 0 aromatic carbocycles. The molecule has 10 heteroatoms. The predicted molar refractivity (Wildman–Crippen MR) is 87.0 cm³/mol. The first-order valence-corrected chi connectivity index (χ1v) is 7.92. The van der Waals surface area contributed by atoms with Crippen LogP contribution in [0.5, 0.6) is 0 Å². The largest absolute Gasteiger partial charge is 0.480 e. The lowest BCUT2D eigenvalue weighted by Crippen LogP contribution is -2.56. The first-order chi connectivity index (χ1) is 11.6. The van der Waals surface area contributed by atoms with E-state index in [-0.39, 0.29) is 25.3 Å². The maximum absolute atomic E-state index is 12.2. The molecule has 0 saturated carbocycles. The first-order valence-electron chi connectivity index (χ1n) is 7.92. The Hall–Kier alpha value is -2.46. The summed E-state index contributed by atoms with van der Waals surface area (Å²) in [6.07, 6.45) is 1.61. The molecule has 0 radical (unpaired) electrons. The van der Waals surface area contributed by atoms with E-state index in [0.717, 1.165) is 0 Å². The molecule has 25 heavy (non-hydrogen) atoms. The molecule has 5 N–H and O–H groups in total. The molecule has 2 rings (SSSR count). The van der Waals surface area contributed by atoms with Crippen molar-refractivity contribution in [3.63, 3.8) is 0 Å². The molecular weight excluding hydrogens is 332 g/mol. The Balaban J connectivity index is 2.07. The first kappa shape index (κ1) is 18.9. The zero-order chi connectivity index (χ0) is 18.8. The molecule has 10 nitrogen and oxygen atoms in total. The lowest BCUT2D eigenvalue weighted by Gasteiger charge is -2.43. The summed E-state index contributed by atoms with van der Waals surface area (Å²) in [6, 6.07) is -0.508. The van der Waals surface area contributed by atoms with Gasteiger partial charge in [0.05, 0.1) is 12.6 Å². The second kappa shape index (κ2) is 7.19. The Morgan fingerprint density at radius 2 is 2.16 bits per heavy atom. The number of carbonyl (C=O) groups is 2. The quantitative estimate of drug-likeness (QED) is 0.488. The molecule has 1 fully saturated rings. The molecule has 138 valence electrons. The highest BCUT2D eigenvalue weighted by molar-refractivity contribution is 5.78. The van der Waals surface area contributed by atoms with E-state index >= 15 is 0 Å². The third-order valence-corrected chi connectivity index (χ3v) is 4.43. The van der Waals surface area contributed by atoms with E-state index in [0.29, 0.717) is 13.0 Å². The number of aliphatic hydroxyl groups is 1. The number of carboxylic acid groups (broad SMARTS) is 1. The molecule has 1 aromatic heterocycles. The molecule has 2 heterocycles. The van der Waals surface area contributed by atoms with Gasteiger partial charge in [-0.3, -0.25) is 23.9 Å². The van der Waals surface area contributed by atoms with Crippen molar-refractivity contribution in [1.29, 1.82) is 0 Å². The van der Waals surface area contributed by atoms with Crippen molar-refractivity contribution in [1.82, 2.24) is 14.5 Å². The molecule has 0 unspecified atom stereocenters. The van der Waals surface area contributed by atoms with Crippen molar-refractivity contribution >= 4 is 11.9 Å². The van der Waals surface area contributed by atoms with Crippen LogP contribution in [0.25, 0.3) is 0 Å². The number of carbonyl (C=O) groups excluding carboxylic acids is 1. The Labute approximate surface area is 142 Å². The molecule has 0 bridgehead atoms. The monoisotopic (exact) mass is 354 g/mol. The Morgan fingerprint density at radius 3 is 2.72 bits per heavy atom. The Morgan fingerprint density at radius 1 is 1.48 bits per heavy atom. The average Bonchev–Trinajstić information content (AvgIpc) is 2.52. The van der Waals surface area contributed by atoms with Gasteiger partial charge >= 0.3 is 11.7 Å². The van der Waals surface area contributed by atoms with Crippen molar-refractivity contribution in [2.24, 2.45) is 5.73 Å². The summed E-state index contributed by atoms with van der Waals surface area (Å²) in [5, 5.41) is 19.4. The van der Waals surface area contributed by atoms with Crippen molar-refractivity contribution in [3.05, 3.63) is 33.1 Å². The van der Waals surface area contributed by atoms with E-state index in [1.165, 1.54) is 28.7 Å². The van der Waals surface area contributed by atoms with Crippen molar-refractivity contribution in [3.8, 4) is 0 Å². The molecule has 1 aromatic rings. The van der Waals surface area contributed by atoms with Crippen LogP contribution in [-0.2, 0) is 9.59 Å². The average molecular weight is 354 g/mol. The smallest absolute Gasteiger partial charge is 0.328 e. The summed E-state index contributed by atoms with van der Waals surface area (Å²) >= 11 is 0. The number of nitrogens with zero attached hydrogens (tertiary/aromatic N) is 2. The lowest BCUT2D eigenvalue weighted by atomic mass is 9.88. The van der Waals surface area contributed by atoms with Crippen molar-refractivity contribution in [2.75, 3.05) is 13.1 Å². The van der Waals surface area contributed by atoms with Gasteiger partial charge in [0.25, 0.3) is 5.56 Å². The predicted octanol–water partition coefficient (Wildman–Crippen LogP) is -1.75. The number of H-pyrrole nitrogens is 1. The standard InChI is InChI=1S/C15H22N4O6/c1-15(25)8-18(12(21)3-2-9(16)13(22)23)6-4-10(15)19-7-5-11(20)17-14(19)24/h5,7,9-10,25H,2-4,6,8,16H2,1H3,(H,22,23)(H,17,20,24)/t9-,10+,15+/m0/s1. The number of likely N-dealkylation sites (tertiary alicyclic amines) is 1. The minimum absolute atomic E-state index is 0.00954. The highest BCUT2D eigenvalue weighted by Gasteiger charge is 2.41. The second-order valence-corrected chi connectivity index (χ2v) is 6.48. The molecule has 0 spiro atoms. The van der Waals surface area contributed by atoms with Crippen LogP contribution in [0.2, 0.25) is 0 Å². The van der Waals surface area contributed by atoms with E-state index in [1.54, 1.807) is 0 Å². The number of rotatable bonds is 5. The van der Waals surface area contributed by atoms with Gasteiger partial charge in [0.2, 0.25) is 5.91 Å². The zero-order valence-corrected chi connectivity index (χ0v) is 13.8. The summed E-state index contributed by atoms with van der Waals surface area (Å²) in [4.78, 5) is 49.6. The third kappa shape index (κ3) is 4.34. The number of nitrogens with one attached hydrogen (secondary N) is 1. The number of nitrogens with two attached hydrogens (primary N) is 1. The molecular formula is C15H22N4O6. The second-order valence-electron chi connectivity index (χ2n) is 6.48. The van der Waals surface area contributed by atoms with Crippen LogP contribution in [0.1, 0.15) is 32.2 Å². The number of aliphatic carboxylic acids is 1. The van der Waals surface area contributed by atoms with Crippen LogP contribution < -0.4 is 17.0 Å². The number of aromatic amines is 1. The maximum atomic E-state index is 12.2. The van der Waals surface area contributed by atoms with Gasteiger partial charge in [-0.1, -0.05) is 0 Å². The molecule has 3 atom stereocenters. The van der Waals surface area contributed by atoms with Crippen LogP contribution in [-0.4, -0.2) is 61.3 Å². The van der Waals surface area contributed by atoms with Crippen molar-refractivity contribution < 1.29 is 19.8 Å². The van der Waals surface area contributed by atoms with E-state index in [4.69, 9.17) is 10.8 Å². The SMILES string of the molecule is C[C@@]1(O)CN(C(=O)CC[C@H](N)C(=O)O)CC[C@H]1n1ccc(=O)[nH]c1=O. The number of amides is 1. The van der Waals surface area contributed by atoms with Crippen LogP contribution in [0.15, 0.2) is 21.9 Å². The van der Waals surface area contributed by atoms with Gasteiger partial charge in [-0.25, -0.2) is 4.79 Å². The molecule has 1 amide bonds. The van der Waals surface area contributed by atoms with E-state index in [9.17, 15) is 24.3 Å². The normalized spacial score (nSPS) is 24.8. The van der Waals surface area contributed by atoms with Gasteiger partial charge in [-0.05, 0) is 19.8 Å². The van der Waals surface area contributed by atoms with E-state index in [2.05, 4.69) is 4.98 Å². The lowest BCUT2D eigenvalue weighted by molar-refractivity contribution is -0.142. The van der Waals surface area contributed by atoms with Gasteiger partial charge in [-0.2, -0.15) is 0 Å². The summed E-state index contributed by atoms with van der Waals surface area (Å²) in [5.74, 6) is -1.47. The van der Waals surface area contributed by atoms with Crippen LogP contribution in [0.4, 0.5) is 0 Å². The Kier molecular flexibility index (Phi) is 5.43. The van der Waals surface area contributed by atoms with E-state index in [1.807, 2.05) is 0 Å². The Bertz CT molecular complexity index is 768. The third-order valence-electron chi connectivity index (χ3n) is 4.43. The number of piperidine rings is 1. The fourth-order valence-corrected chi connectivity index (χ4v) is 3.04. The topological polar surface area (TPSA) is 159 Å². The number of aromatic nitrogens is 2. The summed E-state index contributed by atoms with van der Waals surface area (Å²) in [7, 11) is 0. The van der Waals surface area contributed by atoms with Crippen molar-refractivity contribution in [2.45, 2.75) is 43.9 Å². The van der Waals surface area contributed by atoms with Crippen LogP contribution in [0.3, 0.4) is 0 Å². The molecule has 1 aliphatic heterocycles. The van der Waals surface area contributed by atoms with Gasteiger partial charge in [0, 0.05) is 25.2 Å².